The smallest absolute Gasteiger partial charge is 0.0471 e. The molecule has 0 aliphatic carbocycles. The molecule has 1 atom stereocenters. The Morgan fingerprint density at radius 3 is 3.00 bits per heavy atom. The van der Waals surface area contributed by atoms with Crippen LogP contribution in [0.4, 0.5) is 5.69 Å². The van der Waals surface area contributed by atoms with Crippen molar-refractivity contribution < 1.29 is 0 Å². The highest BCUT2D eigenvalue weighted by atomic mass is 35.5. The Labute approximate surface area is 133 Å². The minimum Gasteiger partial charge on any atom is -0.369 e. The van der Waals surface area contributed by atoms with Gasteiger partial charge in [-0.25, -0.2) is 0 Å². The number of rotatable bonds is 5. The fraction of sp³-hybridized carbons (Fsp3) is 0.647. The maximum atomic E-state index is 6.46. The fourth-order valence-corrected chi connectivity index (χ4v) is 3.74. The molecule has 3 rings (SSSR count). The van der Waals surface area contributed by atoms with Crippen LogP contribution in [-0.2, 0) is 6.54 Å². The molecule has 3 nitrogen and oxygen atoms in total. The molecule has 21 heavy (non-hydrogen) atoms. The second-order valence-electron chi connectivity index (χ2n) is 6.23. The van der Waals surface area contributed by atoms with Crippen LogP contribution < -0.4 is 10.2 Å². The van der Waals surface area contributed by atoms with Crippen molar-refractivity contribution in [1.29, 1.82) is 0 Å². The van der Waals surface area contributed by atoms with Crippen molar-refractivity contribution >= 4 is 17.3 Å². The third kappa shape index (κ3) is 3.53. The number of benzene rings is 1. The quantitative estimate of drug-likeness (QED) is 0.843. The molecule has 0 spiro atoms. The Hall–Kier alpha value is -0.770. The lowest BCUT2D eigenvalue weighted by Gasteiger charge is -2.39. The van der Waals surface area contributed by atoms with E-state index in [0.29, 0.717) is 0 Å². The van der Waals surface area contributed by atoms with Gasteiger partial charge in [-0.3, -0.25) is 4.90 Å². The zero-order valence-electron chi connectivity index (χ0n) is 12.9. The SMILES string of the molecule is CCCNCc1ccc(N2CCN3CCCC3C2)cc1Cl. The standard InChI is InChI=1S/C17H26ClN3/c1-2-7-19-12-14-5-6-15(11-17(14)18)21-10-9-20-8-3-4-16(20)13-21/h5-6,11,16,19H,2-4,7-10,12-13H2,1H3. The zero-order valence-corrected chi connectivity index (χ0v) is 13.7. The van der Waals surface area contributed by atoms with Crippen molar-refractivity contribution in [3.63, 3.8) is 0 Å². The molecule has 0 amide bonds. The Morgan fingerprint density at radius 1 is 1.29 bits per heavy atom. The molecular weight excluding hydrogens is 282 g/mol. The van der Waals surface area contributed by atoms with Gasteiger partial charge < -0.3 is 10.2 Å². The van der Waals surface area contributed by atoms with Crippen molar-refractivity contribution in [2.24, 2.45) is 0 Å². The fourth-order valence-electron chi connectivity index (χ4n) is 3.50. The summed E-state index contributed by atoms with van der Waals surface area (Å²) in [6.45, 7) is 8.86. The van der Waals surface area contributed by atoms with E-state index in [1.165, 1.54) is 37.2 Å². The van der Waals surface area contributed by atoms with Gasteiger partial charge in [0, 0.05) is 42.9 Å². The van der Waals surface area contributed by atoms with Crippen LogP contribution in [0.3, 0.4) is 0 Å². The zero-order chi connectivity index (χ0) is 14.7. The van der Waals surface area contributed by atoms with Gasteiger partial charge in [0.2, 0.25) is 0 Å². The monoisotopic (exact) mass is 307 g/mol. The molecular formula is C17H26ClN3. The van der Waals surface area contributed by atoms with Gasteiger partial charge in [-0.05, 0) is 50.0 Å². The molecule has 2 aliphatic heterocycles. The Bertz CT molecular complexity index is 477. The highest BCUT2D eigenvalue weighted by molar-refractivity contribution is 6.31. The van der Waals surface area contributed by atoms with E-state index >= 15 is 0 Å². The first-order valence-corrected chi connectivity index (χ1v) is 8.64. The van der Waals surface area contributed by atoms with Crippen LogP contribution in [0.5, 0.6) is 0 Å². The van der Waals surface area contributed by atoms with E-state index < -0.39 is 0 Å². The molecule has 2 saturated heterocycles. The summed E-state index contributed by atoms with van der Waals surface area (Å²) in [5, 5.41) is 4.31. The number of nitrogens with one attached hydrogen (secondary N) is 1. The Morgan fingerprint density at radius 2 is 2.19 bits per heavy atom. The van der Waals surface area contributed by atoms with Gasteiger partial charge in [0.1, 0.15) is 0 Å². The number of piperazine rings is 1. The van der Waals surface area contributed by atoms with Gasteiger partial charge in [-0.15, -0.1) is 0 Å². The van der Waals surface area contributed by atoms with E-state index in [9.17, 15) is 0 Å². The van der Waals surface area contributed by atoms with Crippen LogP contribution in [0.25, 0.3) is 0 Å². The maximum Gasteiger partial charge on any atom is 0.0471 e. The average Bonchev–Trinajstić information content (AvgIpc) is 2.96. The normalized spacial score (nSPS) is 22.6. The minimum absolute atomic E-state index is 0.753. The molecule has 1 unspecified atom stereocenters. The number of hydrogen-bond donors (Lipinski definition) is 1. The molecule has 0 saturated carbocycles. The molecule has 2 aliphatic rings. The molecule has 4 heteroatoms. The molecule has 0 aromatic heterocycles. The van der Waals surface area contributed by atoms with E-state index in [2.05, 4.69) is 40.2 Å². The number of anilines is 1. The average molecular weight is 308 g/mol. The number of hydrogen-bond acceptors (Lipinski definition) is 3. The van der Waals surface area contributed by atoms with Gasteiger partial charge in [0.25, 0.3) is 0 Å². The van der Waals surface area contributed by atoms with Crippen molar-refractivity contribution in [2.75, 3.05) is 37.6 Å². The number of nitrogens with zero attached hydrogens (tertiary/aromatic N) is 2. The molecule has 2 heterocycles. The van der Waals surface area contributed by atoms with Crippen molar-refractivity contribution in [3.8, 4) is 0 Å². The van der Waals surface area contributed by atoms with Crippen LogP contribution in [0, 0.1) is 0 Å². The summed E-state index contributed by atoms with van der Waals surface area (Å²) >= 11 is 6.46. The second kappa shape index (κ2) is 6.99. The summed E-state index contributed by atoms with van der Waals surface area (Å²) < 4.78 is 0. The van der Waals surface area contributed by atoms with Gasteiger partial charge in [0.15, 0.2) is 0 Å². The summed E-state index contributed by atoms with van der Waals surface area (Å²) in [6.07, 6.45) is 3.87. The molecule has 0 bridgehead atoms. The lowest BCUT2D eigenvalue weighted by atomic mass is 10.1. The third-order valence-corrected chi connectivity index (χ3v) is 5.08. The molecule has 0 radical (unpaired) electrons. The van der Waals surface area contributed by atoms with E-state index in [4.69, 9.17) is 11.6 Å². The first kappa shape index (κ1) is 15.1. The van der Waals surface area contributed by atoms with Crippen LogP contribution in [-0.4, -0.2) is 43.7 Å². The van der Waals surface area contributed by atoms with Crippen LogP contribution in [0.15, 0.2) is 18.2 Å². The summed E-state index contributed by atoms with van der Waals surface area (Å²) in [7, 11) is 0. The van der Waals surface area contributed by atoms with Crippen molar-refractivity contribution in [3.05, 3.63) is 28.8 Å². The molecule has 2 fully saturated rings. The highest BCUT2D eigenvalue weighted by Crippen LogP contribution is 2.28. The summed E-state index contributed by atoms with van der Waals surface area (Å²) in [4.78, 5) is 5.14. The van der Waals surface area contributed by atoms with Gasteiger partial charge in [-0.1, -0.05) is 24.6 Å². The lowest BCUT2D eigenvalue weighted by Crippen LogP contribution is -2.50. The Kier molecular flexibility index (Phi) is 5.04. The van der Waals surface area contributed by atoms with Crippen LogP contribution in [0.2, 0.25) is 5.02 Å². The predicted molar refractivity (Wildman–Crippen MR) is 90.3 cm³/mol. The first-order chi connectivity index (χ1) is 10.3. The van der Waals surface area contributed by atoms with Crippen molar-refractivity contribution in [1.82, 2.24) is 10.2 Å². The number of fused-ring (bicyclic) bond motifs is 1. The molecule has 1 N–H and O–H groups in total. The van der Waals surface area contributed by atoms with E-state index in [-0.39, 0.29) is 0 Å². The Balaban J connectivity index is 1.64. The van der Waals surface area contributed by atoms with Gasteiger partial charge in [0.05, 0.1) is 0 Å². The van der Waals surface area contributed by atoms with E-state index in [0.717, 1.165) is 43.7 Å². The summed E-state index contributed by atoms with van der Waals surface area (Å²) in [5.41, 5.74) is 2.49. The number of halogens is 1. The molecule has 1 aromatic carbocycles. The second-order valence-corrected chi connectivity index (χ2v) is 6.64. The molecule has 116 valence electrons. The van der Waals surface area contributed by atoms with E-state index in [1.54, 1.807) is 0 Å². The highest BCUT2D eigenvalue weighted by Gasteiger charge is 2.30. The maximum absolute atomic E-state index is 6.46. The summed E-state index contributed by atoms with van der Waals surface area (Å²) in [5.74, 6) is 0. The first-order valence-electron chi connectivity index (χ1n) is 8.26. The van der Waals surface area contributed by atoms with Gasteiger partial charge in [-0.2, -0.15) is 0 Å². The van der Waals surface area contributed by atoms with Crippen molar-refractivity contribution in [2.45, 2.75) is 38.8 Å². The lowest BCUT2D eigenvalue weighted by molar-refractivity contribution is 0.231. The van der Waals surface area contributed by atoms with Gasteiger partial charge >= 0.3 is 0 Å². The predicted octanol–water partition coefficient (Wildman–Crippen LogP) is 3.12. The van der Waals surface area contributed by atoms with E-state index in [1.807, 2.05) is 0 Å². The van der Waals surface area contributed by atoms with Crippen LogP contribution >= 0.6 is 11.6 Å². The third-order valence-electron chi connectivity index (χ3n) is 4.73. The summed E-state index contributed by atoms with van der Waals surface area (Å²) in [6, 6.07) is 7.32. The largest absolute Gasteiger partial charge is 0.369 e. The topological polar surface area (TPSA) is 18.5 Å². The van der Waals surface area contributed by atoms with Crippen LogP contribution in [0.1, 0.15) is 31.7 Å². The molecule has 1 aromatic rings. The minimum atomic E-state index is 0.753.